The predicted molar refractivity (Wildman–Crippen MR) is 80.4 cm³/mol. The van der Waals surface area contributed by atoms with Gasteiger partial charge in [-0.1, -0.05) is 30.3 Å². The number of hydrazine groups is 1. The van der Waals surface area contributed by atoms with Crippen LogP contribution in [-0.2, 0) is 0 Å². The lowest BCUT2D eigenvalue weighted by atomic mass is 9.86. The summed E-state index contributed by atoms with van der Waals surface area (Å²) in [7, 11) is 0. The van der Waals surface area contributed by atoms with Crippen molar-refractivity contribution in [2.24, 2.45) is 5.84 Å². The number of fused-ring (bicyclic) bond motifs is 1. The maximum Gasteiger partial charge on any atom is 0.123 e. The monoisotopic (exact) mass is 286 g/mol. The van der Waals surface area contributed by atoms with Gasteiger partial charge in [-0.25, -0.2) is 4.39 Å². The van der Waals surface area contributed by atoms with E-state index in [0.717, 1.165) is 30.8 Å². The summed E-state index contributed by atoms with van der Waals surface area (Å²) in [5.41, 5.74) is 5.08. The van der Waals surface area contributed by atoms with Crippen molar-refractivity contribution in [2.75, 3.05) is 6.61 Å². The Bertz CT molecular complexity index is 600. The Hall–Kier alpha value is -1.91. The van der Waals surface area contributed by atoms with E-state index in [4.69, 9.17) is 10.6 Å². The maximum atomic E-state index is 13.0. The van der Waals surface area contributed by atoms with E-state index in [9.17, 15) is 4.39 Å². The number of hydrogen-bond donors (Lipinski definition) is 2. The Morgan fingerprint density at radius 1 is 1.19 bits per heavy atom. The number of hydrogen-bond acceptors (Lipinski definition) is 3. The third-order valence-corrected chi connectivity index (χ3v) is 4.08. The second kappa shape index (κ2) is 6.24. The Morgan fingerprint density at radius 3 is 2.71 bits per heavy atom. The third-order valence-electron chi connectivity index (χ3n) is 4.08. The molecular formula is C17H19FN2O. The van der Waals surface area contributed by atoms with Crippen LogP contribution in [0.5, 0.6) is 5.75 Å². The fourth-order valence-corrected chi connectivity index (χ4v) is 2.94. The van der Waals surface area contributed by atoms with Crippen LogP contribution in [0.15, 0.2) is 48.5 Å². The third kappa shape index (κ3) is 3.06. The fourth-order valence-electron chi connectivity index (χ4n) is 2.94. The largest absolute Gasteiger partial charge is 0.493 e. The summed E-state index contributed by atoms with van der Waals surface area (Å²) >= 11 is 0. The highest BCUT2D eigenvalue weighted by Crippen LogP contribution is 2.38. The first-order valence-electron chi connectivity index (χ1n) is 7.21. The molecule has 21 heavy (non-hydrogen) atoms. The molecule has 0 saturated heterocycles. The number of nitrogens with two attached hydrogens (primary N) is 1. The van der Waals surface area contributed by atoms with E-state index in [1.807, 2.05) is 18.2 Å². The van der Waals surface area contributed by atoms with Crippen LogP contribution in [-0.4, -0.2) is 6.61 Å². The molecule has 0 aromatic heterocycles. The zero-order valence-corrected chi connectivity index (χ0v) is 11.8. The van der Waals surface area contributed by atoms with Crippen molar-refractivity contribution in [3.63, 3.8) is 0 Å². The minimum atomic E-state index is -0.231. The van der Waals surface area contributed by atoms with Crippen molar-refractivity contribution >= 4 is 0 Å². The van der Waals surface area contributed by atoms with Crippen LogP contribution in [0.4, 0.5) is 4.39 Å². The molecule has 2 aromatic carbocycles. The van der Waals surface area contributed by atoms with Gasteiger partial charge in [-0.05, 0) is 48.1 Å². The molecule has 0 fully saturated rings. The summed E-state index contributed by atoms with van der Waals surface area (Å²) in [6.07, 6.45) is 1.83. The Kier molecular flexibility index (Phi) is 4.18. The second-order valence-electron chi connectivity index (χ2n) is 5.38. The predicted octanol–water partition coefficient (Wildman–Crippen LogP) is 3.29. The van der Waals surface area contributed by atoms with Crippen molar-refractivity contribution in [1.82, 2.24) is 5.43 Å². The lowest BCUT2D eigenvalue weighted by Crippen LogP contribution is -2.30. The van der Waals surface area contributed by atoms with Crippen LogP contribution in [0.25, 0.3) is 0 Å². The van der Waals surface area contributed by atoms with Gasteiger partial charge in [0.15, 0.2) is 0 Å². The zero-order valence-electron chi connectivity index (χ0n) is 11.8. The van der Waals surface area contributed by atoms with Gasteiger partial charge in [0, 0.05) is 6.04 Å². The quantitative estimate of drug-likeness (QED) is 0.670. The molecule has 2 atom stereocenters. The van der Waals surface area contributed by atoms with E-state index in [0.29, 0.717) is 5.92 Å². The summed E-state index contributed by atoms with van der Waals surface area (Å²) in [5, 5.41) is 0. The standard InChI is InChI=1S/C17H19FN2O/c18-14-7-5-12(6-8-14)16(20-19)11-13-9-10-21-17-4-2-1-3-15(13)17/h1-8,13,16,20H,9-11,19H2. The maximum absolute atomic E-state index is 13.0. The van der Waals surface area contributed by atoms with Crippen molar-refractivity contribution in [1.29, 1.82) is 0 Å². The van der Waals surface area contributed by atoms with Crippen molar-refractivity contribution in [3.8, 4) is 5.75 Å². The fraction of sp³-hybridized carbons (Fsp3) is 0.294. The molecule has 0 bridgehead atoms. The molecule has 2 unspecified atom stereocenters. The number of ether oxygens (including phenoxy) is 1. The number of para-hydroxylation sites is 1. The number of halogens is 1. The van der Waals surface area contributed by atoms with Gasteiger partial charge >= 0.3 is 0 Å². The van der Waals surface area contributed by atoms with E-state index in [-0.39, 0.29) is 11.9 Å². The number of rotatable bonds is 4. The topological polar surface area (TPSA) is 47.3 Å². The first-order valence-corrected chi connectivity index (χ1v) is 7.21. The van der Waals surface area contributed by atoms with E-state index in [1.54, 1.807) is 12.1 Å². The normalized spacial score (nSPS) is 18.7. The molecule has 0 spiro atoms. The number of benzene rings is 2. The minimum Gasteiger partial charge on any atom is -0.493 e. The highest BCUT2D eigenvalue weighted by atomic mass is 19.1. The zero-order chi connectivity index (χ0) is 14.7. The van der Waals surface area contributed by atoms with Crippen molar-refractivity contribution in [3.05, 3.63) is 65.5 Å². The van der Waals surface area contributed by atoms with Crippen LogP contribution in [0.1, 0.15) is 35.9 Å². The average molecular weight is 286 g/mol. The first-order chi connectivity index (χ1) is 10.3. The molecule has 1 aliphatic heterocycles. The van der Waals surface area contributed by atoms with Crippen LogP contribution in [0.2, 0.25) is 0 Å². The van der Waals surface area contributed by atoms with E-state index >= 15 is 0 Å². The van der Waals surface area contributed by atoms with Gasteiger partial charge in [-0.2, -0.15) is 0 Å². The lowest BCUT2D eigenvalue weighted by molar-refractivity contribution is 0.255. The van der Waals surface area contributed by atoms with E-state index in [2.05, 4.69) is 11.5 Å². The molecule has 0 amide bonds. The highest BCUT2D eigenvalue weighted by Gasteiger charge is 2.24. The molecule has 3 N–H and O–H groups in total. The molecule has 3 nitrogen and oxygen atoms in total. The highest BCUT2D eigenvalue weighted by molar-refractivity contribution is 5.38. The Morgan fingerprint density at radius 2 is 1.95 bits per heavy atom. The SMILES string of the molecule is NNC(CC1CCOc2ccccc21)c1ccc(F)cc1. The smallest absolute Gasteiger partial charge is 0.123 e. The Balaban J connectivity index is 1.80. The van der Waals surface area contributed by atoms with Crippen molar-refractivity contribution in [2.45, 2.75) is 24.8 Å². The van der Waals surface area contributed by atoms with Gasteiger partial charge in [-0.15, -0.1) is 0 Å². The summed E-state index contributed by atoms with van der Waals surface area (Å²) < 4.78 is 18.7. The first kappa shape index (κ1) is 14.0. The molecule has 110 valence electrons. The molecule has 0 aliphatic carbocycles. The summed E-state index contributed by atoms with van der Waals surface area (Å²) in [4.78, 5) is 0. The molecular weight excluding hydrogens is 267 g/mol. The van der Waals surface area contributed by atoms with Gasteiger partial charge < -0.3 is 4.74 Å². The lowest BCUT2D eigenvalue weighted by Gasteiger charge is -2.29. The molecule has 0 saturated carbocycles. The van der Waals surface area contributed by atoms with Crippen LogP contribution < -0.4 is 16.0 Å². The van der Waals surface area contributed by atoms with Gasteiger partial charge in [0.25, 0.3) is 0 Å². The van der Waals surface area contributed by atoms with Crippen molar-refractivity contribution < 1.29 is 9.13 Å². The summed E-state index contributed by atoms with van der Waals surface area (Å²) in [6, 6.07) is 14.6. The molecule has 3 rings (SSSR count). The van der Waals surface area contributed by atoms with Gasteiger partial charge in [0.2, 0.25) is 0 Å². The van der Waals surface area contributed by atoms with E-state index in [1.165, 1.54) is 17.7 Å². The summed E-state index contributed by atoms with van der Waals surface area (Å²) in [5.74, 6) is 6.83. The van der Waals surface area contributed by atoms with Gasteiger partial charge in [0.05, 0.1) is 6.61 Å². The summed E-state index contributed by atoms with van der Waals surface area (Å²) in [6.45, 7) is 0.725. The Labute approximate surface area is 123 Å². The van der Waals surface area contributed by atoms with Gasteiger partial charge in [0.1, 0.15) is 11.6 Å². The average Bonchev–Trinajstić information content (AvgIpc) is 2.54. The van der Waals surface area contributed by atoms with Gasteiger partial charge in [-0.3, -0.25) is 11.3 Å². The molecule has 1 heterocycles. The van der Waals surface area contributed by atoms with Crippen LogP contribution in [0.3, 0.4) is 0 Å². The molecule has 1 aliphatic rings. The molecule has 0 radical (unpaired) electrons. The number of nitrogens with one attached hydrogen (secondary N) is 1. The minimum absolute atomic E-state index is 0.00163. The second-order valence-corrected chi connectivity index (χ2v) is 5.38. The van der Waals surface area contributed by atoms with E-state index < -0.39 is 0 Å². The van der Waals surface area contributed by atoms with Crippen LogP contribution >= 0.6 is 0 Å². The molecule has 4 heteroatoms. The molecule has 2 aromatic rings. The van der Waals surface area contributed by atoms with Crippen LogP contribution in [0, 0.1) is 5.82 Å².